The Balaban J connectivity index is 2.11. The molecule has 0 spiro atoms. The number of nitrogens with zero attached hydrogens (tertiary/aromatic N) is 1. The molecule has 4 heteroatoms. The van der Waals surface area contributed by atoms with E-state index in [4.69, 9.17) is 5.11 Å². The fraction of sp³-hybridized carbons (Fsp3) is 0.625. The van der Waals surface area contributed by atoms with Crippen molar-refractivity contribution >= 4 is 21.6 Å². The van der Waals surface area contributed by atoms with Crippen molar-refractivity contribution in [3.8, 4) is 0 Å². The average molecular weight is 341 g/mol. The number of aliphatic hydroxyl groups is 1. The SMILES string of the molecule is CC(C)NCc1ccc(Br)cc1N1CCC(CCO)C1. The van der Waals surface area contributed by atoms with Crippen molar-refractivity contribution in [3.63, 3.8) is 0 Å². The highest BCUT2D eigenvalue weighted by atomic mass is 79.9. The molecule has 0 bridgehead atoms. The minimum absolute atomic E-state index is 0.304. The highest BCUT2D eigenvalue weighted by Crippen LogP contribution is 2.31. The molecular weight excluding hydrogens is 316 g/mol. The lowest BCUT2D eigenvalue weighted by Gasteiger charge is -2.23. The van der Waals surface area contributed by atoms with Gasteiger partial charge in [0.05, 0.1) is 0 Å². The zero-order valence-corrected chi connectivity index (χ0v) is 14.0. The Labute approximate surface area is 130 Å². The summed E-state index contributed by atoms with van der Waals surface area (Å²) < 4.78 is 1.13. The summed E-state index contributed by atoms with van der Waals surface area (Å²) in [4.78, 5) is 2.46. The van der Waals surface area contributed by atoms with Gasteiger partial charge in [0.2, 0.25) is 0 Å². The van der Waals surface area contributed by atoms with Crippen LogP contribution < -0.4 is 10.2 Å². The molecule has 3 nitrogen and oxygen atoms in total. The molecular formula is C16H25BrN2O. The summed E-state index contributed by atoms with van der Waals surface area (Å²) in [6.45, 7) is 7.71. The molecule has 2 N–H and O–H groups in total. The summed E-state index contributed by atoms with van der Waals surface area (Å²) in [6, 6.07) is 7.03. The molecule has 0 radical (unpaired) electrons. The first-order valence-corrected chi connectivity index (χ1v) is 8.27. The molecule has 1 saturated heterocycles. The first-order chi connectivity index (χ1) is 9.60. The van der Waals surface area contributed by atoms with Crippen LogP contribution in [0.1, 0.15) is 32.3 Å². The molecule has 1 aliphatic heterocycles. The van der Waals surface area contributed by atoms with Crippen LogP contribution in [0.25, 0.3) is 0 Å². The summed E-state index contributed by atoms with van der Waals surface area (Å²) in [5, 5.41) is 12.6. The number of hydrogen-bond donors (Lipinski definition) is 2. The lowest BCUT2D eigenvalue weighted by atomic mass is 10.1. The summed E-state index contributed by atoms with van der Waals surface area (Å²) in [5.74, 6) is 0.630. The molecule has 112 valence electrons. The Hall–Kier alpha value is -0.580. The highest BCUT2D eigenvalue weighted by Gasteiger charge is 2.23. The Morgan fingerprint density at radius 2 is 2.25 bits per heavy atom. The van der Waals surface area contributed by atoms with Crippen molar-refractivity contribution in [3.05, 3.63) is 28.2 Å². The van der Waals surface area contributed by atoms with E-state index in [0.717, 1.165) is 30.5 Å². The molecule has 0 amide bonds. The van der Waals surface area contributed by atoms with Gasteiger partial charge in [0.15, 0.2) is 0 Å². The zero-order valence-electron chi connectivity index (χ0n) is 12.4. The van der Waals surface area contributed by atoms with Gasteiger partial charge in [-0.25, -0.2) is 0 Å². The molecule has 1 unspecified atom stereocenters. The number of rotatable bonds is 6. The predicted molar refractivity (Wildman–Crippen MR) is 88.1 cm³/mol. The molecule has 1 heterocycles. The second kappa shape index (κ2) is 7.43. The maximum Gasteiger partial charge on any atom is 0.0434 e. The molecule has 2 rings (SSSR count). The quantitative estimate of drug-likeness (QED) is 0.834. The maximum atomic E-state index is 9.09. The maximum absolute atomic E-state index is 9.09. The van der Waals surface area contributed by atoms with Gasteiger partial charge in [-0.3, -0.25) is 0 Å². The third kappa shape index (κ3) is 4.21. The van der Waals surface area contributed by atoms with Gasteiger partial charge in [0.1, 0.15) is 0 Å². The van der Waals surface area contributed by atoms with Crippen LogP contribution in [0.15, 0.2) is 22.7 Å². The topological polar surface area (TPSA) is 35.5 Å². The fourth-order valence-corrected chi connectivity index (χ4v) is 3.11. The molecule has 1 fully saturated rings. The molecule has 0 saturated carbocycles. The number of anilines is 1. The number of hydrogen-bond acceptors (Lipinski definition) is 3. The second-order valence-electron chi connectivity index (χ2n) is 5.92. The smallest absolute Gasteiger partial charge is 0.0434 e. The molecule has 1 atom stereocenters. The van der Waals surface area contributed by atoms with Gasteiger partial charge in [0, 0.05) is 42.4 Å². The van der Waals surface area contributed by atoms with E-state index in [2.05, 4.69) is 58.2 Å². The van der Waals surface area contributed by atoms with Crippen LogP contribution in [0.5, 0.6) is 0 Å². The van der Waals surface area contributed by atoms with Crippen molar-refractivity contribution < 1.29 is 5.11 Å². The lowest BCUT2D eigenvalue weighted by molar-refractivity contribution is 0.263. The van der Waals surface area contributed by atoms with E-state index >= 15 is 0 Å². The molecule has 0 aliphatic carbocycles. The van der Waals surface area contributed by atoms with E-state index in [1.807, 2.05) is 0 Å². The average Bonchev–Trinajstić information content (AvgIpc) is 2.86. The number of nitrogens with one attached hydrogen (secondary N) is 1. The fourth-order valence-electron chi connectivity index (χ4n) is 2.76. The van der Waals surface area contributed by atoms with Gasteiger partial charge in [-0.1, -0.05) is 35.8 Å². The second-order valence-corrected chi connectivity index (χ2v) is 6.84. The minimum atomic E-state index is 0.304. The normalized spacial score (nSPS) is 19.1. The van der Waals surface area contributed by atoms with Crippen molar-refractivity contribution in [2.45, 2.75) is 39.3 Å². The van der Waals surface area contributed by atoms with Crippen LogP contribution in [0.3, 0.4) is 0 Å². The van der Waals surface area contributed by atoms with Gasteiger partial charge in [-0.05, 0) is 36.5 Å². The number of aliphatic hydroxyl groups excluding tert-OH is 1. The first kappa shape index (κ1) is 15.8. The van der Waals surface area contributed by atoms with Crippen LogP contribution in [-0.2, 0) is 6.54 Å². The van der Waals surface area contributed by atoms with E-state index in [-0.39, 0.29) is 0 Å². The zero-order chi connectivity index (χ0) is 14.5. The minimum Gasteiger partial charge on any atom is -0.396 e. The summed E-state index contributed by atoms with van der Waals surface area (Å²) in [6.07, 6.45) is 2.11. The number of halogens is 1. The van der Waals surface area contributed by atoms with Crippen LogP contribution >= 0.6 is 15.9 Å². The molecule has 1 aromatic rings. The van der Waals surface area contributed by atoms with Crippen LogP contribution in [0.4, 0.5) is 5.69 Å². The van der Waals surface area contributed by atoms with Crippen LogP contribution in [0.2, 0.25) is 0 Å². The highest BCUT2D eigenvalue weighted by molar-refractivity contribution is 9.10. The monoisotopic (exact) mass is 340 g/mol. The Morgan fingerprint density at radius 3 is 2.95 bits per heavy atom. The van der Waals surface area contributed by atoms with Gasteiger partial charge < -0.3 is 15.3 Å². The molecule has 20 heavy (non-hydrogen) atoms. The standard InChI is InChI=1S/C16H25BrN2O/c1-12(2)18-10-14-3-4-15(17)9-16(14)19-7-5-13(11-19)6-8-20/h3-4,9,12-13,18,20H,5-8,10-11H2,1-2H3. The van der Waals surface area contributed by atoms with Gasteiger partial charge in [-0.2, -0.15) is 0 Å². The summed E-state index contributed by atoms with van der Waals surface area (Å²) >= 11 is 3.58. The predicted octanol–water partition coefficient (Wildman–Crippen LogP) is 3.16. The van der Waals surface area contributed by atoms with Crippen molar-refractivity contribution in [2.75, 3.05) is 24.6 Å². The van der Waals surface area contributed by atoms with Crippen LogP contribution in [0, 0.1) is 5.92 Å². The van der Waals surface area contributed by atoms with Crippen molar-refractivity contribution in [1.82, 2.24) is 5.32 Å². The van der Waals surface area contributed by atoms with E-state index < -0.39 is 0 Å². The summed E-state index contributed by atoms with van der Waals surface area (Å²) in [5.41, 5.74) is 2.68. The molecule has 1 aromatic carbocycles. The van der Waals surface area contributed by atoms with E-state index in [9.17, 15) is 0 Å². The Morgan fingerprint density at radius 1 is 1.45 bits per heavy atom. The third-order valence-corrected chi connectivity index (χ3v) is 4.41. The Kier molecular flexibility index (Phi) is 5.87. The first-order valence-electron chi connectivity index (χ1n) is 7.47. The van der Waals surface area contributed by atoms with E-state index in [1.165, 1.54) is 17.7 Å². The van der Waals surface area contributed by atoms with Crippen molar-refractivity contribution in [2.24, 2.45) is 5.92 Å². The van der Waals surface area contributed by atoms with E-state index in [1.54, 1.807) is 0 Å². The van der Waals surface area contributed by atoms with Crippen molar-refractivity contribution in [1.29, 1.82) is 0 Å². The molecule has 0 aromatic heterocycles. The number of benzene rings is 1. The molecule has 1 aliphatic rings. The van der Waals surface area contributed by atoms with Gasteiger partial charge in [0.25, 0.3) is 0 Å². The van der Waals surface area contributed by atoms with E-state index in [0.29, 0.717) is 18.6 Å². The van der Waals surface area contributed by atoms with Gasteiger partial charge >= 0.3 is 0 Å². The lowest BCUT2D eigenvalue weighted by Crippen LogP contribution is -2.25. The Bertz CT molecular complexity index is 436. The van der Waals surface area contributed by atoms with Crippen LogP contribution in [-0.4, -0.2) is 30.8 Å². The third-order valence-electron chi connectivity index (χ3n) is 3.91. The summed E-state index contributed by atoms with van der Waals surface area (Å²) in [7, 11) is 0. The van der Waals surface area contributed by atoms with Gasteiger partial charge in [-0.15, -0.1) is 0 Å². The largest absolute Gasteiger partial charge is 0.396 e.